The Morgan fingerprint density at radius 2 is 2.10 bits per heavy atom. The minimum absolute atomic E-state index is 0.133. The van der Waals surface area contributed by atoms with Gasteiger partial charge in [-0.2, -0.15) is 4.98 Å². The van der Waals surface area contributed by atoms with Crippen LogP contribution in [0.1, 0.15) is 69.5 Å². The topological polar surface area (TPSA) is 51.0 Å². The van der Waals surface area contributed by atoms with E-state index in [0.29, 0.717) is 5.92 Å². The van der Waals surface area contributed by atoms with Crippen molar-refractivity contribution in [3.05, 3.63) is 11.7 Å². The first-order valence-corrected chi connectivity index (χ1v) is 8.35. The molecule has 0 aromatic carbocycles. The Bertz CT molecular complexity index is 478. The van der Waals surface area contributed by atoms with Crippen LogP contribution in [0, 0.1) is 11.8 Å². The summed E-state index contributed by atoms with van der Waals surface area (Å²) in [5.41, 5.74) is 0.133. The zero-order valence-electron chi connectivity index (χ0n) is 12.4. The van der Waals surface area contributed by atoms with Gasteiger partial charge in [0, 0.05) is 5.92 Å². The van der Waals surface area contributed by atoms with Crippen molar-refractivity contribution >= 4 is 0 Å². The highest BCUT2D eigenvalue weighted by Gasteiger charge is 2.44. The van der Waals surface area contributed by atoms with Crippen LogP contribution in [0.3, 0.4) is 0 Å². The highest BCUT2D eigenvalue weighted by Crippen LogP contribution is 2.52. The molecule has 2 saturated carbocycles. The van der Waals surface area contributed by atoms with Gasteiger partial charge in [0.1, 0.15) is 0 Å². The molecule has 2 bridgehead atoms. The van der Waals surface area contributed by atoms with Gasteiger partial charge in [-0.05, 0) is 63.5 Å². The summed E-state index contributed by atoms with van der Waals surface area (Å²) in [6.45, 7) is 4.39. The molecule has 0 amide bonds. The Morgan fingerprint density at radius 1 is 1.25 bits per heavy atom. The fourth-order valence-electron chi connectivity index (χ4n) is 4.79. The van der Waals surface area contributed by atoms with E-state index in [-0.39, 0.29) is 5.41 Å². The van der Waals surface area contributed by atoms with Crippen LogP contribution >= 0.6 is 0 Å². The second kappa shape index (κ2) is 4.83. The summed E-state index contributed by atoms with van der Waals surface area (Å²) in [4.78, 5) is 4.87. The predicted octanol–water partition coefficient (Wildman–Crippen LogP) is 3.00. The van der Waals surface area contributed by atoms with E-state index in [9.17, 15) is 0 Å². The number of nitrogens with zero attached hydrogens (tertiary/aromatic N) is 2. The molecule has 4 nitrogen and oxygen atoms in total. The maximum atomic E-state index is 5.73. The summed E-state index contributed by atoms with van der Waals surface area (Å²) < 4.78 is 5.73. The lowest BCUT2D eigenvalue weighted by Crippen LogP contribution is -2.39. The molecule has 20 heavy (non-hydrogen) atoms. The Morgan fingerprint density at radius 3 is 2.75 bits per heavy atom. The van der Waals surface area contributed by atoms with Crippen LogP contribution in [0.15, 0.2) is 4.52 Å². The van der Waals surface area contributed by atoms with Crippen molar-refractivity contribution in [2.75, 3.05) is 13.1 Å². The van der Waals surface area contributed by atoms with Crippen LogP contribution in [0.4, 0.5) is 0 Å². The maximum absolute atomic E-state index is 5.73. The molecule has 1 aromatic heterocycles. The van der Waals surface area contributed by atoms with E-state index in [1.54, 1.807) is 0 Å². The van der Waals surface area contributed by atoms with E-state index in [2.05, 4.69) is 17.4 Å². The number of piperidine rings is 1. The highest BCUT2D eigenvalue weighted by molar-refractivity contribution is 5.12. The zero-order valence-corrected chi connectivity index (χ0v) is 12.4. The molecular weight excluding hydrogens is 250 g/mol. The summed E-state index contributed by atoms with van der Waals surface area (Å²) in [5.74, 6) is 4.28. The maximum Gasteiger partial charge on any atom is 0.232 e. The molecule has 1 saturated heterocycles. The van der Waals surface area contributed by atoms with E-state index >= 15 is 0 Å². The highest BCUT2D eigenvalue weighted by atomic mass is 16.5. The monoisotopic (exact) mass is 275 g/mol. The minimum Gasteiger partial charge on any atom is -0.339 e. The van der Waals surface area contributed by atoms with Crippen molar-refractivity contribution in [3.8, 4) is 0 Å². The molecule has 3 atom stereocenters. The number of fused-ring (bicyclic) bond motifs is 2. The molecule has 0 radical (unpaired) electrons. The molecule has 2 aliphatic carbocycles. The molecule has 2 heterocycles. The Balaban J connectivity index is 1.58. The predicted molar refractivity (Wildman–Crippen MR) is 76.6 cm³/mol. The summed E-state index contributed by atoms with van der Waals surface area (Å²) in [5, 5.41) is 7.82. The first kappa shape index (κ1) is 12.8. The molecular formula is C16H25N3O. The van der Waals surface area contributed by atoms with Crippen LogP contribution in [0.5, 0.6) is 0 Å². The third kappa shape index (κ3) is 1.92. The van der Waals surface area contributed by atoms with E-state index in [0.717, 1.165) is 55.9 Å². The molecule has 1 aliphatic heterocycles. The van der Waals surface area contributed by atoms with Gasteiger partial charge in [0.05, 0.1) is 5.41 Å². The molecule has 4 rings (SSSR count). The Hall–Kier alpha value is -0.900. The van der Waals surface area contributed by atoms with Crippen LogP contribution in [-0.4, -0.2) is 23.2 Å². The molecule has 3 unspecified atom stereocenters. The van der Waals surface area contributed by atoms with E-state index < -0.39 is 0 Å². The van der Waals surface area contributed by atoms with Crippen molar-refractivity contribution in [3.63, 3.8) is 0 Å². The average molecular weight is 275 g/mol. The van der Waals surface area contributed by atoms with Crippen LogP contribution in [0.2, 0.25) is 0 Å². The number of rotatable bonds is 3. The summed E-state index contributed by atoms with van der Waals surface area (Å²) in [6, 6.07) is 0. The van der Waals surface area contributed by atoms with Gasteiger partial charge in [-0.3, -0.25) is 0 Å². The standard InChI is InChI=1S/C16H25N3O/c1-2-16(5-7-17-8-6-16)15-18-14(19-20-15)13-10-11-3-4-12(13)9-11/h11-13,17H,2-10H2,1H3. The average Bonchev–Trinajstić information content (AvgIpc) is 3.23. The van der Waals surface area contributed by atoms with Crippen molar-refractivity contribution in [1.29, 1.82) is 0 Å². The molecule has 4 heteroatoms. The van der Waals surface area contributed by atoms with Gasteiger partial charge in [-0.25, -0.2) is 0 Å². The third-order valence-electron chi connectivity index (χ3n) is 6.20. The first-order chi connectivity index (χ1) is 9.81. The van der Waals surface area contributed by atoms with E-state index in [1.165, 1.54) is 25.7 Å². The van der Waals surface area contributed by atoms with E-state index in [1.807, 2.05) is 0 Å². The lowest BCUT2D eigenvalue weighted by molar-refractivity contribution is 0.215. The SMILES string of the molecule is CCC1(c2nc(C3CC4CCC3C4)no2)CCNCC1. The second-order valence-corrected chi connectivity index (χ2v) is 7.12. The Kier molecular flexibility index (Phi) is 3.09. The largest absolute Gasteiger partial charge is 0.339 e. The smallest absolute Gasteiger partial charge is 0.232 e. The second-order valence-electron chi connectivity index (χ2n) is 7.12. The van der Waals surface area contributed by atoms with Gasteiger partial charge in [0.2, 0.25) is 5.89 Å². The summed E-state index contributed by atoms with van der Waals surface area (Å²) in [7, 11) is 0. The Labute approximate surface area is 120 Å². The molecule has 1 N–H and O–H groups in total. The summed E-state index contributed by atoms with van der Waals surface area (Å²) in [6.07, 6.45) is 8.86. The molecule has 3 fully saturated rings. The van der Waals surface area contributed by atoms with Gasteiger partial charge < -0.3 is 9.84 Å². The van der Waals surface area contributed by atoms with Crippen LogP contribution < -0.4 is 5.32 Å². The number of hydrogen-bond donors (Lipinski definition) is 1. The van der Waals surface area contributed by atoms with Gasteiger partial charge >= 0.3 is 0 Å². The van der Waals surface area contributed by atoms with Crippen molar-refractivity contribution in [2.24, 2.45) is 11.8 Å². The van der Waals surface area contributed by atoms with Crippen molar-refractivity contribution in [1.82, 2.24) is 15.5 Å². The van der Waals surface area contributed by atoms with Gasteiger partial charge in [0.15, 0.2) is 5.82 Å². The molecule has 0 spiro atoms. The van der Waals surface area contributed by atoms with Crippen molar-refractivity contribution in [2.45, 2.75) is 63.2 Å². The van der Waals surface area contributed by atoms with Crippen LogP contribution in [0.25, 0.3) is 0 Å². The quantitative estimate of drug-likeness (QED) is 0.921. The number of nitrogens with one attached hydrogen (secondary N) is 1. The first-order valence-electron chi connectivity index (χ1n) is 8.35. The zero-order chi connectivity index (χ0) is 13.6. The van der Waals surface area contributed by atoms with Gasteiger partial charge in [0.25, 0.3) is 0 Å². The van der Waals surface area contributed by atoms with Gasteiger partial charge in [-0.15, -0.1) is 0 Å². The number of aromatic nitrogens is 2. The lowest BCUT2D eigenvalue weighted by Gasteiger charge is -2.33. The van der Waals surface area contributed by atoms with Crippen molar-refractivity contribution < 1.29 is 4.52 Å². The lowest BCUT2D eigenvalue weighted by atomic mass is 9.76. The fourth-order valence-corrected chi connectivity index (χ4v) is 4.79. The van der Waals surface area contributed by atoms with Crippen LogP contribution in [-0.2, 0) is 5.41 Å². The van der Waals surface area contributed by atoms with Gasteiger partial charge in [-0.1, -0.05) is 18.5 Å². The summed E-state index contributed by atoms with van der Waals surface area (Å²) >= 11 is 0. The minimum atomic E-state index is 0.133. The molecule has 3 aliphatic rings. The number of hydrogen-bond acceptors (Lipinski definition) is 4. The molecule has 110 valence electrons. The molecule has 1 aromatic rings. The fraction of sp³-hybridized carbons (Fsp3) is 0.875. The van der Waals surface area contributed by atoms with E-state index in [4.69, 9.17) is 9.51 Å². The normalized spacial score (nSPS) is 35.5. The third-order valence-corrected chi connectivity index (χ3v) is 6.20.